The summed E-state index contributed by atoms with van der Waals surface area (Å²) in [5.74, 6) is -5.19. The van der Waals surface area contributed by atoms with Gasteiger partial charge in [0.15, 0.2) is 23.4 Å². The van der Waals surface area contributed by atoms with E-state index < -0.39 is 36.4 Å². The van der Waals surface area contributed by atoms with E-state index >= 15 is 0 Å². The van der Waals surface area contributed by atoms with E-state index in [0.29, 0.717) is 12.4 Å². The summed E-state index contributed by atoms with van der Waals surface area (Å²) in [6, 6.07) is 14.0. The molecule has 0 bridgehead atoms. The number of aromatic amines is 1. The number of hydrogen-bond donors (Lipinski definition) is 4. The zero-order valence-electron chi connectivity index (χ0n) is 26.8. The van der Waals surface area contributed by atoms with Crippen molar-refractivity contribution in [2.24, 2.45) is 0 Å². The van der Waals surface area contributed by atoms with Crippen molar-refractivity contribution in [2.75, 3.05) is 44.7 Å². The molecule has 53 heavy (non-hydrogen) atoms. The van der Waals surface area contributed by atoms with Gasteiger partial charge in [-0.3, -0.25) is 5.10 Å². The van der Waals surface area contributed by atoms with Gasteiger partial charge in [0.2, 0.25) is 0 Å². The quantitative estimate of drug-likeness (QED) is 0.200. The van der Waals surface area contributed by atoms with E-state index in [4.69, 9.17) is 49.1 Å². The van der Waals surface area contributed by atoms with Crippen LogP contribution in [0, 0.1) is 0 Å². The second-order valence-corrected chi connectivity index (χ2v) is 10.7. The zero-order valence-corrected chi connectivity index (χ0v) is 26.8. The highest BCUT2D eigenvalue weighted by atomic mass is 19.4. The van der Waals surface area contributed by atoms with E-state index in [9.17, 15) is 39.5 Å². The van der Waals surface area contributed by atoms with Crippen LogP contribution in [0.4, 0.5) is 45.3 Å². The third kappa shape index (κ3) is 12.1. The molecule has 6 rings (SSSR count). The molecular formula is C30H27F9N6O8. The van der Waals surface area contributed by atoms with Crippen molar-refractivity contribution < 1.29 is 78.7 Å². The van der Waals surface area contributed by atoms with Gasteiger partial charge in [0.05, 0.1) is 11.7 Å². The first-order valence-electron chi connectivity index (χ1n) is 14.6. The third-order valence-corrected chi connectivity index (χ3v) is 6.85. The van der Waals surface area contributed by atoms with Crippen LogP contribution in [-0.4, -0.2) is 117 Å². The third-order valence-electron chi connectivity index (χ3n) is 6.85. The Bertz CT molecular complexity index is 1810. The van der Waals surface area contributed by atoms with Crippen molar-refractivity contribution in [3.8, 4) is 22.6 Å². The van der Waals surface area contributed by atoms with Gasteiger partial charge >= 0.3 is 36.4 Å². The van der Waals surface area contributed by atoms with E-state index in [1.54, 1.807) is 0 Å². The highest BCUT2D eigenvalue weighted by Crippen LogP contribution is 2.37. The Balaban J connectivity index is 0.000000296. The molecule has 288 valence electrons. The fourth-order valence-corrected chi connectivity index (χ4v) is 4.27. The fourth-order valence-electron chi connectivity index (χ4n) is 4.27. The predicted octanol–water partition coefficient (Wildman–Crippen LogP) is 5.18. The minimum atomic E-state index is -5.08. The lowest BCUT2D eigenvalue weighted by Crippen LogP contribution is -2.45. The Morgan fingerprint density at radius 2 is 1.30 bits per heavy atom. The number of benzene rings is 2. The number of anilines is 1. The lowest BCUT2D eigenvalue weighted by atomic mass is 10.1. The number of piperazine rings is 1. The number of carbonyl (C=O) groups is 3. The largest absolute Gasteiger partial charge is 0.490 e. The summed E-state index contributed by atoms with van der Waals surface area (Å²) in [5.41, 5.74) is 3.03. The molecule has 4 N–H and O–H groups in total. The van der Waals surface area contributed by atoms with Crippen LogP contribution in [0.15, 0.2) is 54.9 Å². The Kier molecular flexibility index (Phi) is 13.4. The first-order valence-corrected chi connectivity index (χ1v) is 14.6. The average Bonchev–Trinajstić information content (AvgIpc) is 3.63. The second-order valence-electron chi connectivity index (χ2n) is 10.7. The lowest BCUT2D eigenvalue weighted by molar-refractivity contribution is -0.193. The molecule has 1 atom stereocenters. The molecule has 2 aliphatic rings. The van der Waals surface area contributed by atoms with Crippen molar-refractivity contribution >= 4 is 34.6 Å². The number of alkyl halides is 9. The smallest absolute Gasteiger partial charge is 0.485 e. The number of halogens is 9. The Hall–Kier alpha value is -5.87. The van der Waals surface area contributed by atoms with Crippen LogP contribution in [-0.2, 0) is 14.4 Å². The van der Waals surface area contributed by atoms with E-state index in [2.05, 4.69) is 45.2 Å². The van der Waals surface area contributed by atoms with Crippen LogP contribution >= 0.6 is 0 Å². The molecule has 2 aromatic carbocycles. The number of aliphatic carboxylic acids is 3. The SMILES string of the molecule is CN1CCN(c2nc(C3COc4ccccc4O3)nc3ccc(-c4cn[nH]c4)cc23)CC1.O=C(O)C(F)(F)F.O=C(O)C(F)(F)F.O=C(O)C(F)(F)F. The number of likely N-dealkylation sites (N-methyl/N-ethyl adjacent to an activating group) is 1. The highest BCUT2D eigenvalue weighted by molar-refractivity contribution is 5.93. The summed E-state index contributed by atoms with van der Waals surface area (Å²) >= 11 is 0. The topological polar surface area (TPSA) is 191 Å². The molecule has 14 nitrogen and oxygen atoms in total. The molecule has 0 amide bonds. The molecule has 0 radical (unpaired) electrons. The molecule has 1 fully saturated rings. The maximum Gasteiger partial charge on any atom is 0.490 e. The second kappa shape index (κ2) is 17.1. The van der Waals surface area contributed by atoms with Crippen molar-refractivity contribution in [2.45, 2.75) is 24.6 Å². The van der Waals surface area contributed by atoms with Crippen molar-refractivity contribution in [3.63, 3.8) is 0 Å². The molecule has 1 unspecified atom stereocenters. The van der Waals surface area contributed by atoms with Crippen LogP contribution in [0.5, 0.6) is 11.5 Å². The number of nitrogens with zero attached hydrogens (tertiary/aromatic N) is 5. The maximum atomic E-state index is 10.6. The molecule has 2 aliphatic heterocycles. The van der Waals surface area contributed by atoms with Gasteiger partial charge in [-0.1, -0.05) is 18.2 Å². The Labute approximate surface area is 291 Å². The van der Waals surface area contributed by atoms with Gasteiger partial charge in [-0.2, -0.15) is 44.6 Å². The molecule has 4 heterocycles. The summed E-state index contributed by atoms with van der Waals surface area (Å²) in [4.78, 5) is 41.3. The first kappa shape index (κ1) is 41.5. The van der Waals surface area contributed by atoms with Gasteiger partial charge in [0.1, 0.15) is 12.4 Å². The Morgan fingerprint density at radius 3 is 1.79 bits per heavy atom. The molecule has 0 saturated carbocycles. The van der Waals surface area contributed by atoms with Gasteiger partial charge < -0.3 is 34.6 Å². The summed E-state index contributed by atoms with van der Waals surface area (Å²) in [6.45, 7) is 4.22. The molecule has 1 saturated heterocycles. The number of hydrogen-bond acceptors (Lipinski definition) is 10. The summed E-state index contributed by atoms with van der Waals surface area (Å²) in [6.07, 6.45) is -11.9. The molecule has 0 aliphatic carbocycles. The van der Waals surface area contributed by atoms with E-state index in [1.807, 2.05) is 36.7 Å². The summed E-state index contributed by atoms with van der Waals surface area (Å²) < 4.78 is 107. The first-order chi connectivity index (χ1) is 24.6. The van der Waals surface area contributed by atoms with Gasteiger partial charge in [-0.25, -0.2) is 24.4 Å². The highest BCUT2D eigenvalue weighted by Gasteiger charge is 2.39. The van der Waals surface area contributed by atoms with Crippen molar-refractivity contribution in [1.29, 1.82) is 0 Å². The number of carboxylic acids is 3. The molecule has 2 aromatic heterocycles. The van der Waals surface area contributed by atoms with Gasteiger partial charge in [-0.15, -0.1) is 0 Å². The van der Waals surface area contributed by atoms with E-state index in [1.165, 1.54) is 0 Å². The molecular weight excluding hydrogens is 743 g/mol. The van der Waals surface area contributed by atoms with Crippen LogP contribution < -0.4 is 14.4 Å². The number of carboxylic acid groups (broad SMARTS) is 3. The number of H-pyrrole nitrogens is 1. The van der Waals surface area contributed by atoms with Gasteiger partial charge in [0, 0.05) is 43.3 Å². The Morgan fingerprint density at radius 1 is 0.774 bits per heavy atom. The summed E-state index contributed by atoms with van der Waals surface area (Å²) in [5, 5.41) is 29.4. The van der Waals surface area contributed by atoms with Crippen LogP contribution in [0.2, 0.25) is 0 Å². The number of fused-ring (bicyclic) bond motifs is 2. The van der Waals surface area contributed by atoms with Crippen LogP contribution in [0.1, 0.15) is 11.9 Å². The standard InChI is InChI=1S/C24H24N6O2.3C2HF3O2/c1-29-8-10-30(11-9-29)24-18-12-16(17-13-25-26-14-17)6-7-19(18)27-23(28-24)22-15-31-20-4-2-3-5-21(20)32-22;3*3-2(4,5)1(6)7/h2-7,12-14,22H,8-11,15H2,1H3,(H,25,26);3*(H,6,7). The minimum absolute atomic E-state index is 0.353. The normalized spacial score (nSPS) is 15.8. The lowest BCUT2D eigenvalue weighted by Gasteiger charge is -2.34. The number of rotatable bonds is 3. The van der Waals surface area contributed by atoms with Gasteiger partial charge in [-0.05, 0) is 36.9 Å². The van der Waals surface area contributed by atoms with Crippen molar-refractivity contribution in [3.05, 3.63) is 60.7 Å². The molecule has 23 heteroatoms. The van der Waals surface area contributed by atoms with Gasteiger partial charge in [0.25, 0.3) is 0 Å². The van der Waals surface area contributed by atoms with E-state index in [0.717, 1.165) is 65.5 Å². The van der Waals surface area contributed by atoms with Crippen LogP contribution in [0.3, 0.4) is 0 Å². The number of para-hydroxylation sites is 2. The predicted molar refractivity (Wildman–Crippen MR) is 163 cm³/mol. The zero-order chi connectivity index (χ0) is 39.7. The average molecular weight is 771 g/mol. The number of aromatic nitrogens is 4. The number of ether oxygens (including phenoxy) is 2. The van der Waals surface area contributed by atoms with Crippen molar-refractivity contribution in [1.82, 2.24) is 25.1 Å². The van der Waals surface area contributed by atoms with Crippen LogP contribution in [0.25, 0.3) is 22.0 Å². The fraction of sp³-hybridized carbons (Fsp3) is 0.333. The maximum absolute atomic E-state index is 10.6. The number of nitrogens with one attached hydrogen (secondary N) is 1. The monoisotopic (exact) mass is 770 g/mol. The summed E-state index contributed by atoms with van der Waals surface area (Å²) in [7, 11) is 2.16. The minimum Gasteiger partial charge on any atom is -0.485 e. The van der Waals surface area contributed by atoms with E-state index in [-0.39, 0.29) is 6.10 Å². The molecule has 0 spiro atoms. The molecule has 4 aromatic rings.